The van der Waals surface area contributed by atoms with E-state index < -0.39 is 11.7 Å². The third kappa shape index (κ3) is 4.53. The molecule has 0 aliphatic carbocycles. The highest BCUT2D eigenvalue weighted by atomic mass is 35.5. The van der Waals surface area contributed by atoms with Crippen LogP contribution in [0.15, 0.2) is 18.2 Å². The van der Waals surface area contributed by atoms with Crippen LogP contribution in [0.25, 0.3) is 0 Å². The van der Waals surface area contributed by atoms with E-state index in [0.29, 0.717) is 12.2 Å². The van der Waals surface area contributed by atoms with E-state index >= 15 is 0 Å². The first-order chi connectivity index (χ1) is 10.4. The Morgan fingerprint density at radius 2 is 1.91 bits per heavy atom. The number of amides is 1. The highest BCUT2D eigenvalue weighted by Crippen LogP contribution is 2.36. The van der Waals surface area contributed by atoms with Crippen LogP contribution in [0.5, 0.6) is 0 Å². The third-order valence-electron chi connectivity index (χ3n) is 3.65. The maximum Gasteiger partial charge on any atom is 0.417 e. The molecule has 1 saturated heterocycles. The van der Waals surface area contributed by atoms with Crippen LogP contribution in [0.2, 0.25) is 5.02 Å². The van der Waals surface area contributed by atoms with Crippen molar-refractivity contribution in [2.75, 3.05) is 25.0 Å². The topological polar surface area (TPSA) is 32.3 Å². The van der Waals surface area contributed by atoms with E-state index in [2.05, 4.69) is 5.32 Å². The normalized spacial score (nSPS) is 15.7. The van der Waals surface area contributed by atoms with Crippen molar-refractivity contribution in [3.05, 3.63) is 28.8 Å². The number of carbonyl (C=O) groups is 1. The van der Waals surface area contributed by atoms with Crippen molar-refractivity contribution < 1.29 is 18.0 Å². The second-order valence-electron chi connectivity index (χ2n) is 5.31. The molecule has 1 aromatic carbocycles. The summed E-state index contributed by atoms with van der Waals surface area (Å²) in [6.07, 6.45) is -1.04. The Morgan fingerprint density at radius 3 is 2.55 bits per heavy atom. The van der Waals surface area contributed by atoms with E-state index in [1.165, 1.54) is 12.1 Å². The third-order valence-corrected chi connectivity index (χ3v) is 3.98. The molecule has 1 aromatic rings. The van der Waals surface area contributed by atoms with E-state index in [1.54, 1.807) is 0 Å². The maximum atomic E-state index is 12.7. The second kappa shape index (κ2) is 7.22. The summed E-state index contributed by atoms with van der Waals surface area (Å²) >= 11 is 5.56. The number of halogens is 4. The molecular weight excluding hydrogens is 317 g/mol. The van der Waals surface area contributed by atoms with Crippen LogP contribution < -0.4 is 5.32 Å². The number of nitrogens with zero attached hydrogens (tertiary/aromatic N) is 1. The fourth-order valence-electron chi connectivity index (χ4n) is 2.47. The molecule has 1 N–H and O–H groups in total. The number of alkyl halides is 3. The average molecular weight is 335 g/mol. The lowest BCUT2D eigenvalue weighted by atomic mass is 10.1. The van der Waals surface area contributed by atoms with Gasteiger partial charge in [0.15, 0.2) is 0 Å². The van der Waals surface area contributed by atoms with Crippen molar-refractivity contribution in [2.24, 2.45) is 0 Å². The lowest BCUT2D eigenvalue weighted by Crippen LogP contribution is -2.36. The second-order valence-corrected chi connectivity index (χ2v) is 5.72. The number of rotatable bonds is 4. The molecule has 0 aromatic heterocycles. The van der Waals surface area contributed by atoms with Crippen molar-refractivity contribution in [2.45, 2.75) is 31.9 Å². The Balaban J connectivity index is 1.88. The summed E-state index contributed by atoms with van der Waals surface area (Å²) < 4.78 is 38.2. The van der Waals surface area contributed by atoms with Crippen LogP contribution >= 0.6 is 11.6 Å². The van der Waals surface area contributed by atoms with Gasteiger partial charge in [-0.2, -0.15) is 13.2 Å². The summed E-state index contributed by atoms with van der Waals surface area (Å²) in [7, 11) is 0. The van der Waals surface area contributed by atoms with Crippen LogP contribution in [0.4, 0.5) is 18.9 Å². The molecule has 0 bridgehead atoms. The maximum absolute atomic E-state index is 12.7. The SMILES string of the molecule is O=C(CCNc1ccc(Cl)c(C(F)(F)F)c1)N1CCCCC1. The zero-order chi connectivity index (χ0) is 16.2. The van der Waals surface area contributed by atoms with Gasteiger partial charge in [-0.25, -0.2) is 0 Å². The highest BCUT2D eigenvalue weighted by molar-refractivity contribution is 6.31. The molecule has 2 rings (SSSR count). The van der Waals surface area contributed by atoms with Gasteiger partial charge in [-0.15, -0.1) is 0 Å². The fraction of sp³-hybridized carbons (Fsp3) is 0.533. The molecule has 22 heavy (non-hydrogen) atoms. The zero-order valence-electron chi connectivity index (χ0n) is 12.0. The Kier molecular flexibility index (Phi) is 5.56. The monoisotopic (exact) mass is 334 g/mol. The zero-order valence-corrected chi connectivity index (χ0v) is 12.8. The molecule has 1 amide bonds. The van der Waals surface area contributed by atoms with Gasteiger partial charge in [-0.1, -0.05) is 11.6 Å². The molecule has 3 nitrogen and oxygen atoms in total. The number of benzene rings is 1. The van der Waals surface area contributed by atoms with Crippen LogP contribution in [0.3, 0.4) is 0 Å². The molecule has 0 atom stereocenters. The highest BCUT2D eigenvalue weighted by Gasteiger charge is 2.33. The van der Waals surface area contributed by atoms with Crippen molar-refractivity contribution >= 4 is 23.2 Å². The number of nitrogens with one attached hydrogen (secondary N) is 1. The summed E-state index contributed by atoms with van der Waals surface area (Å²) in [5.41, 5.74) is -0.565. The van der Waals surface area contributed by atoms with Gasteiger partial charge in [0, 0.05) is 31.7 Å². The van der Waals surface area contributed by atoms with E-state index in [-0.39, 0.29) is 17.4 Å². The van der Waals surface area contributed by atoms with E-state index in [9.17, 15) is 18.0 Å². The van der Waals surface area contributed by atoms with E-state index in [0.717, 1.165) is 38.4 Å². The lowest BCUT2D eigenvalue weighted by molar-refractivity contribution is -0.137. The van der Waals surface area contributed by atoms with Crippen molar-refractivity contribution in [3.8, 4) is 0 Å². The van der Waals surface area contributed by atoms with Gasteiger partial charge in [0.25, 0.3) is 0 Å². The van der Waals surface area contributed by atoms with Gasteiger partial charge in [0.2, 0.25) is 5.91 Å². The Labute approximate surface area is 132 Å². The van der Waals surface area contributed by atoms with E-state index in [1.807, 2.05) is 4.90 Å². The van der Waals surface area contributed by atoms with Crippen LogP contribution in [-0.2, 0) is 11.0 Å². The molecule has 0 saturated carbocycles. The molecular formula is C15H18ClF3N2O. The van der Waals surface area contributed by atoms with Gasteiger partial charge < -0.3 is 10.2 Å². The molecule has 122 valence electrons. The van der Waals surface area contributed by atoms with Crippen molar-refractivity contribution in [1.82, 2.24) is 4.90 Å². The molecule has 0 radical (unpaired) electrons. The minimum Gasteiger partial charge on any atom is -0.385 e. The van der Waals surface area contributed by atoms with Gasteiger partial charge in [0.05, 0.1) is 10.6 Å². The van der Waals surface area contributed by atoms with Crippen molar-refractivity contribution in [3.63, 3.8) is 0 Å². The molecule has 1 fully saturated rings. The lowest BCUT2D eigenvalue weighted by Gasteiger charge is -2.26. The summed E-state index contributed by atoms with van der Waals surface area (Å²) in [5.74, 6) is 0.0391. The summed E-state index contributed by atoms with van der Waals surface area (Å²) in [6, 6.07) is 3.65. The minimum atomic E-state index is -4.49. The van der Waals surface area contributed by atoms with Gasteiger partial charge in [0.1, 0.15) is 0 Å². The first kappa shape index (κ1) is 16.9. The molecule has 1 aliphatic heterocycles. The quantitative estimate of drug-likeness (QED) is 0.896. The van der Waals surface area contributed by atoms with Crippen LogP contribution in [0, 0.1) is 0 Å². The predicted molar refractivity (Wildman–Crippen MR) is 80.0 cm³/mol. The number of anilines is 1. The Morgan fingerprint density at radius 1 is 1.23 bits per heavy atom. The molecule has 7 heteroatoms. The van der Waals surface area contributed by atoms with Gasteiger partial charge in [-0.3, -0.25) is 4.79 Å². The molecule has 1 heterocycles. The smallest absolute Gasteiger partial charge is 0.385 e. The number of piperidine rings is 1. The minimum absolute atomic E-state index is 0.0391. The van der Waals surface area contributed by atoms with E-state index in [4.69, 9.17) is 11.6 Å². The summed E-state index contributed by atoms with van der Waals surface area (Å²) in [6.45, 7) is 1.85. The van der Waals surface area contributed by atoms with Gasteiger partial charge >= 0.3 is 6.18 Å². The fourth-order valence-corrected chi connectivity index (χ4v) is 2.69. The molecule has 0 spiro atoms. The van der Waals surface area contributed by atoms with Gasteiger partial charge in [-0.05, 0) is 37.5 Å². The number of likely N-dealkylation sites (tertiary alicyclic amines) is 1. The average Bonchev–Trinajstić information content (AvgIpc) is 2.48. The Hall–Kier alpha value is -1.43. The predicted octanol–water partition coefficient (Wildman–Crippen LogP) is 4.17. The Bertz CT molecular complexity index is 528. The summed E-state index contributed by atoms with van der Waals surface area (Å²) in [5, 5.41) is 2.52. The van der Waals surface area contributed by atoms with Crippen LogP contribution in [0.1, 0.15) is 31.2 Å². The number of hydrogen-bond donors (Lipinski definition) is 1. The largest absolute Gasteiger partial charge is 0.417 e. The number of hydrogen-bond acceptors (Lipinski definition) is 2. The first-order valence-electron chi connectivity index (χ1n) is 7.26. The molecule has 1 aliphatic rings. The first-order valence-corrected chi connectivity index (χ1v) is 7.64. The summed E-state index contributed by atoms with van der Waals surface area (Å²) in [4.78, 5) is 13.8. The number of carbonyl (C=O) groups excluding carboxylic acids is 1. The standard InChI is InChI=1S/C15H18ClF3N2O/c16-13-5-4-11(10-12(13)15(17,18)19)20-7-6-14(22)21-8-2-1-3-9-21/h4-5,10,20H,1-3,6-9H2. The molecule has 0 unspecified atom stereocenters. The van der Waals surface area contributed by atoms with Crippen molar-refractivity contribution in [1.29, 1.82) is 0 Å². The van der Waals surface area contributed by atoms with Crippen LogP contribution in [-0.4, -0.2) is 30.4 Å².